The fourth-order valence-electron chi connectivity index (χ4n) is 2.45. The van der Waals surface area contributed by atoms with E-state index in [1.165, 1.54) is 10.5 Å². The Morgan fingerprint density at radius 1 is 1.05 bits per heavy atom. The van der Waals surface area contributed by atoms with Gasteiger partial charge in [-0.05, 0) is 17.7 Å². The summed E-state index contributed by atoms with van der Waals surface area (Å²) < 4.78 is 0. The van der Waals surface area contributed by atoms with Crippen molar-refractivity contribution in [2.75, 3.05) is 18.8 Å². The van der Waals surface area contributed by atoms with Gasteiger partial charge in [-0.25, -0.2) is 4.79 Å². The number of hydrogen-bond donors (Lipinski definition) is 1. The van der Waals surface area contributed by atoms with Gasteiger partial charge in [-0.15, -0.1) is 11.8 Å². The fraction of sp³-hybridized carbons (Fsp3) is 0.235. The van der Waals surface area contributed by atoms with Crippen LogP contribution < -0.4 is 5.32 Å². The van der Waals surface area contributed by atoms with Crippen LogP contribution in [0.3, 0.4) is 0 Å². The highest BCUT2D eigenvalue weighted by Crippen LogP contribution is 2.22. The average molecular weight is 298 g/mol. The lowest BCUT2D eigenvalue weighted by atomic mass is 10.1. The molecule has 0 radical (unpaired) electrons. The molecule has 1 aliphatic heterocycles. The lowest BCUT2D eigenvalue weighted by Gasteiger charge is -2.14. The maximum atomic E-state index is 12.0. The van der Waals surface area contributed by atoms with Crippen LogP contribution in [-0.4, -0.2) is 29.8 Å². The second-order valence-electron chi connectivity index (χ2n) is 5.02. The van der Waals surface area contributed by atoms with Gasteiger partial charge in [0.2, 0.25) is 0 Å². The summed E-state index contributed by atoms with van der Waals surface area (Å²) in [6.07, 6.45) is 0. The Kier molecular flexibility index (Phi) is 4.46. The SMILES string of the molecule is O=C1NC(c2ccccc2)CN1CCSc1ccccc1. The normalized spacial score (nSPS) is 17.8. The Balaban J connectivity index is 1.52. The van der Waals surface area contributed by atoms with E-state index in [0.29, 0.717) is 0 Å². The number of carbonyl (C=O) groups is 1. The summed E-state index contributed by atoms with van der Waals surface area (Å²) in [5.41, 5.74) is 1.17. The molecule has 2 amide bonds. The summed E-state index contributed by atoms with van der Waals surface area (Å²) in [7, 11) is 0. The number of hydrogen-bond acceptors (Lipinski definition) is 2. The van der Waals surface area contributed by atoms with Crippen LogP contribution in [0.25, 0.3) is 0 Å². The molecule has 0 bridgehead atoms. The molecule has 4 heteroatoms. The van der Waals surface area contributed by atoms with Crippen molar-refractivity contribution in [1.29, 1.82) is 0 Å². The van der Waals surface area contributed by atoms with Gasteiger partial charge in [-0.3, -0.25) is 0 Å². The minimum Gasteiger partial charge on any atom is -0.329 e. The van der Waals surface area contributed by atoms with Crippen molar-refractivity contribution in [3.8, 4) is 0 Å². The van der Waals surface area contributed by atoms with E-state index in [1.54, 1.807) is 11.8 Å². The average Bonchev–Trinajstić information content (AvgIpc) is 2.91. The minimum absolute atomic E-state index is 0.0394. The van der Waals surface area contributed by atoms with Crippen LogP contribution in [0.15, 0.2) is 65.6 Å². The first-order chi connectivity index (χ1) is 10.3. The molecule has 0 aromatic heterocycles. The predicted molar refractivity (Wildman–Crippen MR) is 86.5 cm³/mol. The van der Waals surface area contributed by atoms with Crippen LogP contribution in [0.2, 0.25) is 0 Å². The van der Waals surface area contributed by atoms with E-state index in [0.717, 1.165) is 18.8 Å². The molecular weight excluding hydrogens is 280 g/mol. The zero-order valence-corrected chi connectivity index (χ0v) is 12.6. The van der Waals surface area contributed by atoms with Crippen molar-refractivity contribution in [3.63, 3.8) is 0 Å². The van der Waals surface area contributed by atoms with Crippen LogP contribution in [0.1, 0.15) is 11.6 Å². The van der Waals surface area contributed by atoms with Gasteiger partial charge in [-0.1, -0.05) is 48.5 Å². The molecule has 1 aliphatic rings. The molecule has 1 N–H and O–H groups in total. The lowest BCUT2D eigenvalue weighted by Crippen LogP contribution is -2.30. The smallest absolute Gasteiger partial charge is 0.318 e. The topological polar surface area (TPSA) is 32.3 Å². The molecular formula is C17H18N2OS. The summed E-state index contributed by atoms with van der Waals surface area (Å²) in [6, 6.07) is 20.6. The zero-order chi connectivity index (χ0) is 14.5. The van der Waals surface area contributed by atoms with E-state index < -0.39 is 0 Å². The van der Waals surface area contributed by atoms with Crippen LogP contribution in [0.5, 0.6) is 0 Å². The van der Waals surface area contributed by atoms with Crippen molar-refractivity contribution in [1.82, 2.24) is 10.2 Å². The van der Waals surface area contributed by atoms with Gasteiger partial charge in [0.05, 0.1) is 6.04 Å². The fourth-order valence-corrected chi connectivity index (χ4v) is 3.34. The minimum atomic E-state index is 0.0394. The van der Waals surface area contributed by atoms with E-state index >= 15 is 0 Å². The number of urea groups is 1. The highest BCUT2D eigenvalue weighted by Gasteiger charge is 2.28. The summed E-state index contributed by atoms with van der Waals surface area (Å²) >= 11 is 1.78. The Morgan fingerprint density at radius 2 is 1.71 bits per heavy atom. The van der Waals surface area contributed by atoms with Crippen molar-refractivity contribution < 1.29 is 4.79 Å². The standard InChI is InChI=1S/C17H18N2OS/c20-17-18-16(14-7-3-1-4-8-14)13-19(17)11-12-21-15-9-5-2-6-10-15/h1-10,16H,11-13H2,(H,18,20). The highest BCUT2D eigenvalue weighted by molar-refractivity contribution is 7.99. The largest absolute Gasteiger partial charge is 0.329 e. The molecule has 3 rings (SSSR count). The molecule has 1 saturated heterocycles. The number of amides is 2. The van der Waals surface area contributed by atoms with Gasteiger partial charge in [-0.2, -0.15) is 0 Å². The second kappa shape index (κ2) is 6.68. The molecule has 21 heavy (non-hydrogen) atoms. The van der Waals surface area contributed by atoms with Crippen molar-refractivity contribution in [2.24, 2.45) is 0 Å². The second-order valence-corrected chi connectivity index (χ2v) is 6.19. The van der Waals surface area contributed by atoms with Crippen LogP contribution in [0.4, 0.5) is 4.79 Å². The summed E-state index contributed by atoms with van der Waals surface area (Å²) in [4.78, 5) is 15.1. The first-order valence-corrected chi connectivity index (χ1v) is 8.10. The van der Waals surface area contributed by atoms with Crippen LogP contribution >= 0.6 is 11.8 Å². The van der Waals surface area contributed by atoms with Crippen molar-refractivity contribution in [2.45, 2.75) is 10.9 Å². The van der Waals surface area contributed by atoms with Gasteiger partial charge < -0.3 is 10.2 Å². The molecule has 2 aromatic carbocycles. The van der Waals surface area contributed by atoms with Gasteiger partial charge >= 0.3 is 6.03 Å². The summed E-state index contributed by atoms with van der Waals surface area (Å²) in [5.74, 6) is 0.916. The Hall–Kier alpha value is -1.94. The molecule has 0 spiro atoms. The first kappa shape index (κ1) is 14.0. The Labute approximate surface area is 129 Å². The molecule has 0 saturated carbocycles. The number of thioether (sulfide) groups is 1. The van der Waals surface area contributed by atoms with Gasteiger partial charge in [0.15, 0.2) is 0 Å². The zero-order valence-electron chi connectivity index (χ0n) is 11.7. The summed E-state index contributed by atoms with van der Waals surface area (Å²) in [5, 5.41) is 3.05. The van der Waals surface area contributed by atoms with Crippen molar-refractivity contribution >= 4 is 17.8 Å². The number of nitrogens with one attached hydrogen (secondary N) is 1. The monoisotopic (exact) mass is 298 g/mol. The predicted octanol–water partition coefficient (Wildman–Crippen LogP) is 3.55. The highest BCUT2D eigenvalue weighted by atomic mass is 32.2. The maximum Gasteiger partial charge on any atom is 0.318 e. The molecule has 0 aliphatic carbocycles. The Bertz CT molecular complexity index is 588. The first-order valence-electron chi connectivity index (χ1n) is 7.11. The van der Waals surface area contributed by atoms with E-state index in [-0.39, 0.29) is 12.1 Å². The van der Waals surface area contributed by atoms with E-state index in [1.807, 2.05) is 41.3 Å². The number of nitrogens with zero attached hydrogens (tertiary/aromatic N) is 1. The van der Waals surface area contributed by atoms with Crippen LogP contribution in [0, 0.1) is 0 Å². The third-order valence-electron chi connectivity index (χ3n) is 3.56. The van der Waals surface area contributed by atoms with Crippen molar-refractivity contribution in [3.05, 3.63) is 66.2 Å². The number of carbonyl (C=O) groups excluding carboxylic acids is 1. The maximum absolute atomic E-state index is 12.0. The number of rotatable bonds is 5. The molecule has 1 heterocycles. The Morgan fingerprint density at radius 3 is 2.43 bits per heavy atom. The lowest BCUT2D eigenvalue weighted by molar-refractivity contribution is 0.220. The molecule has 1 unspecified atom stereocenters. The number of benzene rings is 2. The molecule has 3 nitrogen and oxygen atoms in total. The third-order valence-corrected chi connectivity index (χ3v) is 4.56. The summed E-state index contributed by atoms with van der Waals surface area (Å²) in [6.45, 7) is 1.52. The quantitative estimate of drug-likeness (QED) is 0.856. The third kappa shape index (κ3) is 3.58. The van der Waals surface area contributed by atoms with E-state index in [9.17, 15) is 4.79 Å². The molecule has 1 fully saturated rings. The van der Waals surface area contributed by atoms with Gasteiger partial charge in [0, 0.05) is 23.7 Å². The van der Waals surface area contributed by atoms with Gasteiger partial charge in [0.1, 0.15) is 0 Å². The molecule has 108 valence electrons. The van der Waals surface area contributed by atoms with E-state index in [2.05, 4.69) is 29.6 Å². The van der Waals surface area contributed by atoms with Gasteiger partial charge in [0.25, 0.3) is 0 Å². The molecule has 2 aromatic rings. The molecule has 1 atom stereocenters. The van der Waals surface area contributed by atoms with Crippen LogP contribution in [-0.2, 0) is 0 Å². The van der Waals surface area contributed by atoms with E-state index in [4.69, 9.17) is 0 Å².